The number of halogens is 1. The summed E-state index contributed by atoms with van der Waals surface area (Å²) in [5, 5.41) is 13.4. The van der Waals surface area contributed by atoms with Gasteiger partial charge in [-0.3, -0.25) is 4.79 Å². The molecule has 0 spiro atoms. The fraction of sp³-hybridized carbons (Fsp3) is 0.450. The zero-order chi connectivity index (χ0) is 19.6. The van der Waals surface area contributed by atoms with Crippen LogP contribution in [-0.2, 0) is 25.9 Å². The second-order valence-corrected chi connectivity index (χ2v) is 6.07. The van der Waals surface area contributed by atoms with Gasteiger partial charge in [0, 0.05) is 37.7 Å². The van der Waals surface area contributed by atoms with Crippen molar-refractivity contribution < 1.29 is 9.32 Å². The van der Waals surface area contributed by atoms with Crippen LogP contribution in [-0.4, -0.2) is 30.6 Å². The van der Waals surface area contributed by atoms with E-state index in [1.165, 1.54) is 0 Å². The lowest BCUT2D eigenvalue weighted by Gasteiger charge is -2.12. The largest absolute Gasteiger partial charge is 0.361 e. The van der Waals surface area contributed by atoms with Gasteiger partial charge in [0.25, 0.3) is 5.91 Å². The lowest BCUT2D eigenvalue weighted by atomic mass is 10.1. The van der Waals surface area contributed by atoms with Gasteiger partial charge in [0.1, 0.15) is 5.76 Å². The summed E-state index contributed by atoms with van der Waals surface area (Å²) in [6.07, 6.45) is 1.64. The highest BCUT2D eigenvalue weighted by Crippen LogP contribution is 2.15. The van der Waals surface area contributed by atoms with Crippen molar-refractivity contribution in [3.63, 3.8) is 0 Å². The monoisotopic (exact) mass is 499 g/mol. The van der Waals surface area contributed by atoms with Crippen molar-refractivity contribution in [1.29, 1.82) is 0 Å². The van der Waals surface area contributed by atoms with Gasteiger partial charge >= 0.3 is 0 Å². The molecule has 0 aliphatic carbocycles. The maximum absolute atomic E-state index is 11.8. The average molecular weight is 499 g/mol. The summed E-state index contributed by atoms with van der Waals surface area (Å²) in [7, 11) is 1.63. The molecule has 0 unspecified atom stereocenters. The number of aromatic nitrogens is 1. The lowest BCUT2D eigenvalue weighted by Crippen LogP contribution is -2.37. The van der Waals surface area contributed by atoms with Crippen molar-refractivity contribution in [1.82, 2.24) is 21.1 Å². The fourth-order valence-corrected chi connectivity index (χ4v) is 2.78. The van der Waals surface area contributed by atoms with Crippen molar-refractivity contribution in [3.8, 4) is 0 Å². The Kier molecular flexibility index (Phi) is 10.6. The molecule has 0 atom stereocenters. The van der Waals surface area contributed by atoms with Crippen LogP contribution in [0, 0.1) is 0 Å². The van der Waals surface area contributed by atoms with Crippen molar-refractivity contribution >= 4 is 35.8 Å². The van der Waals surface area contributed by atoms with E-state index in [1.54, 1.807) is 13.1 Å². The Bertz CT molecular complexity index is 767. The normalized spacial score (nSPS) is 10.9. The van der Waals surface area contributed by atoms with Gasteiger partial charge in [-0.2, -0.15) is 0 Å². The Morgan fingerprint density at radius 1 is 1.18 bits per heavy atom. The second kappa shape index (κ2) is 12.4. The maximum atomic E-state index is 11.8. The Hall–Kier alpha value is -2.10. The van der Waals surface area contributed by atoms with E-state index >= 15 is 0 Å². The predicted molar refractivity (Wildman–Crippen MR) is 122 cm³/mol. The minimum absolute atomic E-state index is 0. The first-order valence-corrected chi connectivity index (χ1v) is 9.42. The van der Waals surface area contributed by atoms with Gasteiger partial charge in [-0.1, -0.05) is 31.1 Å². The molecule has 0 radical (unpaired) electrons. The van der Waals surface area contributed by atoms with E-state index in [1.807, 2.05) is 25.1 Å². The Morgan fingerprint density at radius 3 is 2.61 bits per heavy atom. The number of amides is 1. The van der Waals surface area contributed by atoms with Crippen LogP contribution in [0.15, 0.2) is 33.8 Å². The molecule has 2 rings (SSSR count). The Labute approximate surface area is 183 Å². The summed E-state index contributed by atoms with van der Waals surface area (Å²) < 4.78 is 5.42. The summed E-state index contributed by atoms with van der Waals surface area (Å²) in [5.41, 5.74) is 3.69. The van der Waals surface area contributed by atoms with Crippen molar-refractivity contribution in [2.45, 2.75) is 46.7 Å². The number of aryl methyl sites for hydroxylation is 2. The van der Waals surface area contributed by atoms with E-state index in [4.69, 9.17) is 4.52 Å². The SMILES string of the molecule is CCNC(=NCc1cccc(C(=O)NC)c1)NCc1c(CC)noc1CC.I. The molecular weight excluding hydrogens is 469 g/mol. The minimum Gasteiger partial charge on any atom is -0.361 e. The standard InChI is InChI=1S/C20H29N5O2.HI/c1-5-17-16(18(6-2)27-25-17)13-24-20(22-7-3)23-12-14-9-8-10-15(11-14)19(26)21-4;/h8-11H,5-7,12-13H2,1-4H3,(H,21,26)(H2,22,23,24);1H. The van der Waals surface area contributed by atoms with Crippen LogP contribution >= 0.6 is 24.0 Å². The van der Waals surface area contributed by atoms with Gasteiger partial charge in [0.2, 0.25) is 0 Å². The number of nitrogens with zero attached hydrogens (tertiary/aromatic N) is 2. The number of benzene rings is 1. The minimum atomic E-state index is -0.0995. The summed E-state index contributed by atoms with van der Waals surface area (Å²) >= 11 is 0. The van der Waals surface area contributed by atoms with Crippen LogP contribution in [0.1, 0.15) is 53.7 Å². The highest BCUT2D eigenvalue weighted by atomic mass is 127. The number of guanidine groups is 1. The number of carbonyl (C=O) groups is 1. The third-order valence-corrected chi connectivity index (χ3v) is 4.22. The van der Waals surface area contributed by atoms with Gasteiger partial charge in [-0.25, -0.2) is 4.99 Å². The van der Waals surface area contributed by atoms with E-state index < -0.39 is 0 Å². The van der Waals surface area contributed by atoms with Crippen LogP contribution in [0.25, 0.3) is 0 Å². The summed E-state index contributed by atoms with van der Waals surface area (Å²) in [6.45, 7) is 8.00. The number of hydrogen-bond acceptors (Lipinski definition) is 4. The highest BCUT2D eigenvalue weighted by Gasteiger charge is 2.13. The molecule has 1 aromatic heterocycles. The second-order valence-electron chi connectivity index (χ2n) is 6.07. The third-order valence-electron chi connectivity index (χ3n) is 4.22. The molecule has 0 saturated heterocycles. The Balaban J connectivity index is 0.00000392. The first kappa shape index (κ1) is 23.9. The molecule has 7 nitrogen and oxygen atoms in total. The van der Waals surface area contributed by atoms with Crippen molar-refractivity contribution in [3.05, 3.63) is 52.4 Å². The number of aliphatic imine (C=N–C) groups is 1. The molecule has 1 heterocycles. The van der Waals surface area contributed by atoms with Crippen molar-refractivity contribution in [2.75, 3.05) is 13.6 Å². The first-order chi connectivity index (χ1) is 13.1. The van der Waals surface area contributed by atoms with Crippen LogP contribution in [0.4, 0.5) is 0 Å². The fourth-order valence-electron chi connectivity index (χ4n) is 2.78. The molecule has 1 amide bonds. The molecular formula is C20H30IN5O2. The molecule has 1 aromatic carbocycles. The Morgan fingerprint density at radius 2 is 1.96 bits per heavy atom. The predicted octanol–water partition coefficient (Wildman–Crippen LogP) is 3.03. The maximum Gasteiger partial charge on any atom is 0.251 e. The molecule has 0 fully saturated rings. The van der Waals surface area contributed by atoms with E-state index in [2.05, 4.69) is 39.9 Å². The molecule has 8 heteroatoms. The van der Waals surface area contributed by atoms with Gasteiger partial charge in [0.15, 0.2) is 5.96 Å². The van der Waals surface area contributed by atoms with Gasteiger partial charge < -0.3 is 20.5 Å². The molecule has 0 saturated carbocycles. The van der Waals surface area contributed by atoms with E-state index in [0.29, 0.717) is 24.6 Å². The molecule has 0 bridgehead atoms. The zero-order valence-electron chi connectivity index (χ0n) is 17.0. The van der Waals surface area contributed by atoms with Crippen LogP contribution in [0.3, 0.4) is 0 Å². The number of hydrogen-bond donors (Lipinski definition) is 3. The molecule has 0 aliphatic heterocycles. The van der Waals surface area contributed by atoms with E-state index in [-0.39, 0.29) is 29.9 Å². The van der Waals surface area contributed by atoms with Gasteiger partial charge in [-0.15, -0.1) is 24.0 Å². The summed E-state index contributed by atoms with van der Waals surface area (Å²) in [4.78, 5) is 16.4. The summed E-state index contributed by atoms with van der Waals surface area (Å²) in [5.74, 6) is 1.53. The van der Waals surface area contributed by atoms with Crippen LogP contribution < -0.4 is 16.0 Å². The molecule has 0 aliphatic rings. The van der Waals surface area contributed by atoms with Crippen molar-refractivity contribution in [2.24, 2.45) is 4.99 Å². The number of carbonyl (C=O) groups excluding carboxylic acids is 1. The van der Waals surface area contributed by atoms with Gasteiger partial charge in [-0.05, 0) is 31.0 Å². The van der Waals surface area contributed by atoms with Crippen LogP contribution in [0.5, 0.6) is 0 Å². The topological polar surface area (TPSA) is 91.5 Å². The first-order valence-electron chi connectivity index (χ1n) is 9.42. The smallest absolute Gasteiger partial charge is 0.251 e. The molecule has 154 valence electrons. The molecule has 3 N–H and O–H groups in total. The van der Waals surface area contributed by atoms with Gasteiger partial charge in [0.05, 0.1) is 12.2 Å². The zero-order valence-corrected chi connectivity index (χ0v) is 19.3. The lowest BCUT2D eigenvalue weighted by molar-refractivity contribution is 0.0963. The molecule has 28 heavy (non-hydrogen) atoms. The summed E-state index contributed by atoms with van der Waals surface area (Å²) in [6, 6.07) is 7.48. The number of rotatable bonds is 8. The molecule has 2 aromatic rings. The van der Waals surface area contributed by atoms with Crippen LogP contribution in [0.2, 0.25) is 0 Å². The number of nitrogens with one attached hydrogen (secondary N) is 3. The highest BCUT2D eigenvalue weighted by molar-refractivity contribution is 14.0. The quantitative estimate of drug-likeness (QED) is 0.295. The third kappa shape index (κ3) is 6.50. The van der Waals surface area contributed by atoms with E-state index in [9.17, 15) is 4.79 Å². The average Bonchev–Trinajstić information content (AvgIpc) is 3.11. The van der Waals surface area contributed by atoms with E-state index in [0.717, 1.165) is 42.0 Å².